The summed E-state index contributed by atoms with van der Waals surface area (Å²) in [5.74, 6) is -0.125. The highest BCUT2D eigenvalue weighted by molar-refractivity contribution is 5.85. The van der Waals surface area contributed by atoms with E-state index < -0.39 is 4.92 Å². The average molecular weight is 288 g/mol. The Morgan fingerprint density at radius 2 is 2.05 bits per heavy atom. The molecule has 1 rings (SSSR count). The Balaban J connectivity index is 0.00000324. The summed E-state index contributed by atoms with van der Waals surface area (Å²) in [7, 11) is 3.49. The number of carbonyl (C=O) groups is 1. The van der Waals surface area contributed by atoms with E-state index in [9.17, 15) is 14.9 Å². The van der Waals surface area contributed by atoms with Crippen molar-refractivity contribution in [1.82, 2.24) is 10.2 Å². The standard InChI is InChI=1S/C12H17N3O3.ClH/c1-13-7-8-14(2)12(16)9-10-5-3-4-6-11(10)15(17)18;/h3-6,13H,7-9H2,1-2H3;1H. The van der Waals surface area contributed by atoms with Gasteiger partial charge in [-0.3, -0.25) is 14.9 Å². The summed E-state index contributed by atoms with van der Waals surface area (Å²) in [5, 5.41) is 13.8. The van der Waals surface area contributed by atoms with Gasteiger partial charge in [-0.1, -0.05) is 18.2 Å². The Labute approximate surface area is 118 Å². The van der Waals surface area contributed by atoms with Crippen LogP contribution in [0.2, 0.25) is 0 Å². The third-order valence-corrected chi connectivity index (χ3v) is 2.65. The molecule has 0 bridgehead atoms. The molecule has 0 fully saturated rings. The number of amides is 1. The fraction of sp³-hybridized carbons (Fsp3) is 0.417. The van der Waals surface area contributed by atoms with Gasteiger partial charge in [0.05, 0.1) is 11.3 Å². The zero-order chi connectivity index (χ0) is 13.5. The summed E-state index contributed by atoms with van der Waals surface area (Å²) < 4.78 is 0. The molecule has 6 nitrogen and oxygen atoms in total. The fourth-order valence-electron chi connectivity index (χ4n) is 1.54. The molecule has 1 N–H and O–H groups in total. The first-order chi connectivity index (χ1) is 8.56. The number of nitro benzene ring substituents is 1. The van der Waals surface area contributed by atoms with Crippen LogP contribution < -0.4 is 5.32 Å². The summed E-state index contributed by atoms with van der Waals surface area (Å²) in [6.07, 6.45) is 0.0529. The van der Waals surface area contributed by atoms with Crippen LogP contribution in [0.25, 0.3) is 0 Å². The van der Waals surface area contributed by atoms with E-state index >= 15 is 0 Å². The monoisotopic (exact) mass is 287 g/mol. The van der Waals surface area contributed by atoms with E-state index in [-0.39, 0.29) is 30.4 Å². The Morgan fingerprint density at radius 1 is 1.42 bits per heavy atom. The first kappa shape index (κ1) is 17.3. The van der Waals surface area contributed by atoms with Gasteiger partial charge in [-0.2, -0.15) is 0 Å². The van der Waals surface area contributed by atoms with E-state index in [0.717, 1.165) is 0 Å². The molecule has 7 heteroatoms. The van der Waals surface area contributed by atoms with Gasteiger partial charge < -0.3 is 10.2 Å². The molecule has 0 radical (unpaired) electrons. The molecule has 0 saturated carbocycles. The van der Waals surface area contributed by atoms with Gasteiger partial charge >= 0.3 is 0 Å². The van der Waals surface area contributed by atoms with Crippen LogP contribution >= 0.6 is 12.4 Å². The lowest BCUT2D eigenvalue weighted by Crippen LogP contribution is -2.33. The lowest BCUT2D eigenvalue weighted by atomic mass is 10.1. The first-order valence-corrected chi connectivity index (χ1v) is 5.67. The second-order valence-corrected chi connectivity index (χ2v) is 3.98. The molecule has 0 aliphatic carbocycles. The second kappa shape index (κ2) is 8.44. The minimum absolute atomic E-state index is 0. The van der Waals surface area contributed by atoms with Gasteiger partial charge in [0.1, 0.15) is 0 Å². The SMILES string of the molecule is CNCCN(C)C(=O)Cc1ccccc1[N+](=O)[O-].Cl. The summed E-state index contributed by atoms with van der Waals surface area (Å²) in [6.45, 7) is 1.27. The van der Waals surface area contributed by atoms with E-state index in [4.69, 9.17) is 0 Å². The van der Waals surface area contributed by atoms with Gasteiger partial charge in [-0.15, -0.1) is 12.4 Å². The number of nitrogens with one attached hydrogen (secondary N) is 1. The van der Waals surface area contributed by atoms with Crippen LogP contribution in [0.1, 0.15) is 5.56 Å². The number of hydrogen-bond acceptors (Lipinski definition) is 4. The smallest absolute Gasteiger partial charge is 0.273 e. The Kier molecular flexibility index (Phi) is 7.71. The van der Waals surface area contributed by atoms with Crippen molar-refractivity contribution < 1.29 is 9.72 Å². The van der Waals surface area contributed by atoms with Crippen LogP contribution in [0.15, 0.2) is 24.3 Å². The molecule has 0 spiro atoms. The predicted molar refractivity (Wildman–Crippen MR) is 75.6 cm³/mol. The average Bonchev–Trinajstić information content (AvgIpc) is 2.36. The van der Waals surface area contributed by atoms with E-state index in [2.05, 4.69) is 5.32 Å². The minimum Gasteiger partial charge on any atom is -0.344 e. The normalized spacial score (nSPS) is 9.58. The van der Waals surface area contributed by atoms with Crippen molar-refractivity contribution in [3.63, 3.8) is 0 Å². The quantitative estimate of drug-likeness (QED) is 0.631. The molecule has 1 amide bonds. The second-order valence-electron chi connectivity index (χ2n) is 3.98. The summed E-state index contributed by atoms with van der Waals surface area (Å²) in [6, 6.07) is 6.32. The molecule has 0 saturated heterocycles. The van der Waals surface area contributed by atoms with Crippen LogP contribution in [0.5, 0.6) is 0 Å². The van der Waals surface area contributed by atoms with Gasteiger partial charge in [0.15, 0.2) is 0 Å². The van der Waals surface area contributed by atoms with Crippen LogP contribution in [-0.4, -0.2) is 42.9 Å². The lowest BCUT2D eigenvalue weighted by molar-refractivity contribution is -0.385. The van der Waals surface area contributed by atoms with Crippen LogP contribution in [0, 0.1) is 10.1 Å². The van der Waals surface area contributed by atoms with Crippen molar-refractivity contribution in [3.05, 3.63) is 39.9 Å². The van der Waals surface area contributed by atoms with Gasteiger partial charge in [0.2, 0.25) is 5.91 Å². The van der Waals surface area contributed by atoms with E-state index in [1.54, 1.807) is 37.2 Å². The molecule has 106 valence electrons. The number of rotatable bonds is 6. The lowest BCUT2D eigenvalue weighted by Gasteiger charge is -2.16. The minimum atomic E-state index is -0.462. The molecular formula is C12H18ClN3O3. The third-order valence-electron chi connectivity index (χ3n) is 2.65. The van der Waals surface area contributed by atoms with Crippen LogP contribution in [-0.2, 0) is 11.2 Å². The van der Waals surface area contributed by atoms with E-state index in [0.29, 0.717) is 18.7 Å². The number of nitro groups is 1. The molecule has 0 aliphatic heterocycles. The van der Waals surface area contributed by atoms with Crippen LogP contribution in [0.4, 0.5) is 5.69 Å². The summed E-state index contributed by atoms with van der Waals surface area (Å²) in [5.41, 5.74) is 0.441. The maximum atomic E-state index is 11.9. The Hall–Kier alpha value is -1.66. The molecule has 0 heterocycles. The third kappa shape index (κ3) is 5.23. The topological polar surface area (TPSA) is 75.5 Å². The number of para-hydroxylation sites is 1. The zero-order valence-electron chi connectivity index (χ0n) is 11.0. The molecule has 19 heavy (non-hydrogen) atoms. The highest BCUT2D eigenvalue weighted by atomic mass is 35.5. The van der Waals surface area contributed by atoms with Crippen molar-refractivity contribution in [3.8, 4) is 0 Å². The molecular weight excluding hydrogens is 270 g/mol. The maximum Gasteiger partial charge on any atom is 0.273 e. The summed E-state index contributed by atoms with van der Waals surface area (Å²) >= 11 is 0. The first-order valence-electron chi connectivity index (χ1n) is 5.67. The highest BCUT2D eigenvalue weighted by Gasteiger charge is 2.17. The highest BCUT2D eigenvalue weighted by Crippen LogP contribution is 2.18. The van der Waals surface area contributed by atoms with Crippen molar-refractivity contribution in [2.24, 2.45) is 0 Å². The Morgan fingerprint density at radius 3 is 2.63 bits per heavy atom. The van der Waals surface area contributed by atoms with Gasteiger partial charge in [-0.25, -0.2) is 0 Å². The number of benzene rings is 1. The summed E-state index contributed by atoms with van der Waals surface area (Å²) in [4.78, 5) is 23.8. The molecule has 0 unspecified atom stereocenters. The number of halogens is 1. The number of likely N-dealkylation sites (N-methyl/N-ethyl adjacent to an activating group) is 2. The van der Waals surface area contributed by atoms with E-state index in [1.807, 2.05) is 0 Å². The van der Waals surface area contributed by atoms with Gasteiger partial charge in [0, 0.05) is 31.8 Å². The van der Waals surface area contributed by atoms with Crippen molar-refractivity contribution in [2.45, 2.75) is 6.42 Å². The molecule has 1 aromatic carbocycles. The fourth-order valence-corrected chi connectivity index (χ4v) is 1.54. The van der Waals surface area contributed by atoms with Gasteiger partial charge in [0.25, 0.3) is 5.69 Å². The van der Waals surface area contributed by atoms with Crippen molar-refractivity contribution in [1.29, 1.82) is 0 Å². The van der Waals surface area contributed by atoms with Crippen LogP contribution in [0.3, 0.4) is 0 Å². The van der Waals surface area contributed by atoms with Crippen molar-refractivity contribution >= 4 is 24.0 Å². The number of nitrogens with zero attached hydrogens (tertiary/aromatic N) is 2. The number of carbonyl (C=O) groups excluding carboxylic acids is 1. The Bertz CT molecular complexity index is 440. The van der Waals surface area contributed by atoms with Gasteiger partial charge in [-0.05, 0) is 7.05 Å². The maximum absolute atomic E-state index is 11.9. The molecule has 1 aromatic rings. The molecule has 0 atom stereocenters. The zero-order valence-corrected chi connectivity index (χ0v) is 11.8. The van der Waals surface area contributed by atoms with Crippen molar-refractivity contribution in [2.75, 3.05) is 27.2 Å². The predicted octanol–water partition coefficient (Wildman–Crippen LogP) is 1.24. The molecule has 0 aliphatic rings. The number of hydrogen-bond donors (Lipinski definition) is 1. The largest absolute Gasteiger partial charge is 0.344 e. The molecule has 0 aromatic heterocycles. The van der Waals surface area contributed by atoms with E-state index in [1.165, 1.54) is 6.07 Å².